The molecule has 1 aliphatic rings. The number of hydrogen-bond acceptors (Lipinski definition) is 4. The average molecular weight is 564 g/mol. The molecule has 4 rings (SSSR count). The SMILES string of the molecule is Cc1ccc(-c2c(C)c(-c3ccc(C)c(C)c3)c([C@@H](OC(C)(C)C)C(=O)O)c(C)c2NS(=O)(=O)C2CC2)cc1C. The van der Waals surface area contributed by atoms with Crippen LogP contribution < -0.4 is 4.72 Å². The molecule has 0 heterocycles. The molecule has 40 heavy (non-hydrogen) atoms. The van der Waals surface area contributed by atoms with E-state index in [0.29, 0.717) is 29.7 Å². The molecule has 1 aliphatic carbocycles. The van der Waals surface area contributed by atoms with Crippen molar-refractivity contribution < 1.29 is 23.1 Å². The minimum atomic E-state index is -3.65. The molecule has 2 N–H and O–H groups in total. The lowest BCUT2D eigenvalue weighted by molar-refractivity contribution is -0.160. The van der Waals surface area contributed by atoms with E-state index in [0.717, 1.165) is 50.1 Å². The minimum Gasteiger partial charge on any atom is -0.479 e. The van der Waals surface area contributed by atoms with E-state index in [1.165, 1.54) is 0 Å². The van der Waals surface area contributed by atoms with Crippen LogP contribution in [0, 0.1) is 41.5 Å². The van der Waals surface area contributed by atoms with Gasteiger partial charge in [-0.15, -0.1) is 0 Å². The monoisotopic (exact) mass is 563 g/mol. The number of carboxylic acid groups (broad SMARTS) is 1. The van der Waals surface area contributed by atoms with Gasteiger partial charge in [0.15, 0.2) is 6.10 Å². The molecule has 0 saturated heterocycles. The second kappa shape index (κ2) is 10.7. The second-order valence-corrected chi connectivity index (χ2v) is 14.1. The first-order valence-electron chi connectivity index (χ1n) is 13.8. The molecule has 3 aromatic rings. The number of ether oxygens (including phenoxy) is 1. The topological polar surface area (TPSA) is 92.7 Å². The Bertz CT molecular complexity index is 1590. The molecule has 0 amide bonds. The third kappa shape index (κ3) is 5.96. The third-order valence-electron chi connectivity index (χ3n) is 7.80. The predicted molar refractivity (Wildman–Crippen MR) is 163 cm³/mol. The van der Waals surface area contributed by atoms with E-state index in [-0.39, 0.29) is 0 Å². The molecule has 0 spiro atoms. The van der Waals surface area contributed by atoms with Gasteiger partial charge < -0.3 is 9.84 Å². The summed E-state index contributed by atoms with van der Waals surface area (Å²) in [4.78, 5) is 12.8. The molecule has 0 unspecified atom stereocenters. The Kier molecular flexibility index (Phi) is 7.96. The highest BCUT2D eigenvalue weighted by Crippen LogP contribution is 2.48. The molecular weight excluding hydrogens is 522 g/mol. The van der Waals surface area contributed by atoms with Crippen LogP contribution in [0.2, 0.25) is 0 Å². The second-order valence-electron chi connectivity index (χ2n) is 12.2. The van der Waals surface area contributed by atoms with Crippen molar-refractivity contribution in [1.29, 1.82) is 0 Å². The van der Waals surface area contributed by atoms with Crippen molar-refractivity contribution in [2.24, 2.45) is 0 Å². The van der Waals surface area contributed by atoms with Crippen LogP contribution in [0.25, 0.3) is 22.3 Å². The quantitative estimate of drug-likeness (QED) is 0.293. The van der Waals surface area contributed by atoms with Crippen molar-refractivity contribution in [3.05, 3.63) is 75.3 Å². The van der Waals surface area contributed by atoms with E-state index in [1.807, 2.05) is 79.7 Å². The first-order chi connectivity index (χ1) is 18.5. The van der Waals surface area contributed by atoms with Gasteiger partial charge in [0.05, 0.1) is 16.5 Å². The van der Waals surface area contributed by atoms with E-state index < -0.39 is 32.9 Å². The van der Waals surface area contributed by atoms with Crippen molar-refractivity contribution in [2.45, 2.75) is 92.1 Å². The largest absolute Gasteiger partial charge is 0.479 e. The van der Waals surface area contributed by atoms with Crippen LogP contribution in [0.1, 0.15) is 78.7 Å². The summed E-state index contributed by atoms with van der Waals surface area (Å²) in [6.45, 7) is 17.4. The Labute approximate surface area is 238 Å². The summed E-state index contributed by atoms with van der Waals surface area (Å²) in [5.74, 6) is -1.13. The summed E-state index contributed by atoms with van der Waals surface area (Å²) in [6.07, 6.45) is -0.0800. The summed E-state index contributed by atoms with van der Waals surface area (Å²) in [7, 11) is -3.65. The van der Waals surface area contributed by atoms with Crippen LogP contribution in [0.4, 0.5) is 5.69 Å². The molecule has 1 fully saturated rings. The molecule has 0 aliphatic heterocycles. The van der Waals surface area contributed by atoms with Gasteiger partial charge in [-0.25, -0.2) is 13.2 Å². The smallest absolute Gasteiger partial charge is 0.337 e. The number of anilines is 1. The first kappa shape index (κ1) is 29.8. The van der Waals surface area contributed by atoms with Crippen LogP contribution in [-0.4, -0.2) is 30.3 Å². The number of aliphatic carboxylic acids is 1. The van der Waals surface area contributed by atoms with E-state index in [1.54, 1.807) is 6.92 Å². The van der Waals surface area contributed by atoms with Gasteiger partial charge in [-0.2, -0.15) is 0 Å². The van der Waals surface area contributed by atoms with Crippen LogP contribution in [0.15, 0.2) is 36.4 Å². The maximum Gasteiger partial charge on any atom is 0.337 e. The zero-order valence-corrected chi connectivity index (χ0v) is 25.8. The van der Waals surface area contributed by atoms with E-state index in [2.05, 4.69) is 16.9 Å². The molecule has 1 atom stereocenters. The molecular formula is C33H41NO5S. The van der Waals surface area contributed by atoms with Crippen LogP contribution >= 0.6 is 0 Å². The van der Waals surface area contributed by atoms with E-state index in [9.17, 15) is 18.3 Å². The van der Waals surface area contributed by atoms with Crippen molar-refractivity contribution in [3.63, 3.8) is 0 Å². The van der Waals surface area contributed by atoms with Gasteiger partial charge in [-0.1, -0.05) is 36.4 Å². The Morgan fingerprint density at radius 2 is 1.35 bits per heavy atom. The number of benzene rings is 3. The number of hydrogen-bond donors (Lipinski definition) is 2. The highest BCUT2D eigenvalue weighted by molar-refractivity contribution is 7.93. The number of sulfonamides is 1. The van der Waals surface area contributed by atoms with E-state index in [4.69, 9.17) is 4.74 Å². The number of nitrogens with one attached hydrogen (secondary N) is 1. The zero-order valence-electron chi connectivity index (χ0n) is 25.0. The number of aryl methyl sites for hydroxylation is 4. The van der Waals surface area contributed by atoms with Gasteiger partial charge in [0.1, 0.15) is 0 Å². The van der Waals surface area contributed by atoms with Crippen molar-refractivity contribution >= 4 is 21.7 Å². The Morgan fingerprint density at radius 1 is 0.850 bits per heavy atom. The molecule has 7 heteroatoms. The molecule has 1 saturated carbocycles. The lowest BCUT2D eigenvalue weighted by Gasteiger charge is -2.31. The minimum absolute atomic E-state index is 0.416. The summed E-state index contributed by atoms with van der Waals surface area (Å²) < 4.78 is 35.8. The van der Waals surface area contributed by atoms with Gasteiger partial charge >= 0.3 is 5.97 Å². The van der Waals surface area contributed by atoms with Gasteiger partial charge in [-0.05, 0) is 125 Å². The van der Waals surface area contributed by atoms with Crippen molar-refractivity contribution in [1.82, 2.24) is 0 Å². The molecule has 0 bridgehead atoms. The lowest BCUT2D eigenvalue weighted by Crippen LogP contribution is -2.29. The number of rotatable bonds is 8. The fourth-order valence-corrected chi connectivity index (χ4v) is 6.66. The first-order valence-corrected chi connectivity index (χ1v) is 15.3. The highest BCUT2D eigenvalue weighted by Gasteiger charge is 2.39. The van der Waals surface area contributed by atoms with Crippen molar-refractivity contribution in [3.8, 4) is 22.3 Å². The van der Waals surface area contributed by atoms with Gasteiger partial charge in [0, 0.05) is 11.1 Å². The van der Waals surface area contributed by atoms with Gasteiger partial charge in [-0.3, -0.25) is 4.72 Å². The standard InChI is InChI=1S/C33H41NO5S/c1-18-10-12-24(16-20(18)3)27-22(5)28(25-13-11-19(2)21(4)17-25)30(34-40(37,38)26-14-15-26)23(6)29(27)31(32(35)36)39-33(7,8)9/h10-13,16-17,26,31,34H,14-15H2,1-9H3,(H,35,36)/t31-/m1/s1. The number of carboxylic acids is 1. The molecule has 3 aromatic carbocycles. The molecule has 6 nitrogen and oxygen atoms in total. The summed E-state index contributed by atoms with van der Waals surface area (Å²) in [6, 6.07) is 12.2. The summed E-state index contributed by atoms with van der Waals surface area (Å²) >= 11 is 0. The highest BCUT2D eigenvalue weighted by atomic mass is 32.2. The Balaban J connectivity index is 2.17. The average Bonchev–Trinajstić information content (AvgIpc) is 3.69. The maximum atomic E-state index is 13.4. The van der Waals surface area contributed by atoms with Crippen LogP contribution in [-0.2, 0) is 19.6 Å². The normalized spacial score (nSPS) is 14.7. The van der Waals surface area contributed by atoms with Gasteiger partial charge in [0.25, 0.3) is 0 Å². The predicted octanol–water partition coefficient (Wildman–Crippen LogP) is 7.72. The fourth-order valence-electron chi connectivity index (χ4n) is 5.20. The van der Waals surface area contributed by atoms with Crippen LogP contribution in [0.3, 0.4) is 0 Å². The summed E-state index contributed by atoms with van der Waals surface area (Å²) in [5, 5.41) is 10.0. The van der Waals surface area contributed by atoms with Crippen molar-refractivity contribution in [2.75, 3.05) is 4.72 Å². The Morgan fingerprint density at radius 3 is 1.77 bits per heavy atom. The number of carbonyl (C=O) groups is 1. The Hall–Kier alpha value is -3.16. The zero-order chi connectivity index (χ0) is 29.7. The molecule has 214 valence electrons. The molecule has 0 radical (unpaired) electrons. The van der Waals surface area contributed by atoms with Gasteiger partial charge in [0.2, 0.25) is 10.0 Å². The lowest BCUT2D eigenvalue weighted by atomic mass is 9.81. The summed E-state index contributed by atoms with van der Waals surface area (Å²) in [5.41, 5.74) is 9.13. The van der Waals surface area contributed by atoms with E-state index >= 15 is 0 Å². The molecule has 0 aromatic heterocycles. The van der Waals surface area contributed by atoms with Crippen LogP contribution in [0.5, 0.6) is 0 Å². The third-order valence-corrected chi connectivity index (χ3v) is 9.64. The maximum absolute atomic E-state index is 13.4. The fraction of sp³-hybridized carbons (Fsp3) is 0.424.